The van der Waals surface area contributed by atoms with Crippen LogP contribution in [0.25, 0.3) is 0 Å². The van der Waals surface area contributed by atoms with Gasteiger partial charge in [0.2, 0.25) is 0 Å². The molecule has 0 aliphatic heterocycles. The van der Waals surface area contributed by atoms with Gasteiger partial charge in [-0.25, -0.2) is 0 Å². The molecule has 1 atom stereocenters. The second-order valence-corrected chi connectivity index (χ2v) is 6.63. The van der Waals surface area contributed by atoms with E-state index in [0.717, 1.165) is 29.0 Å². The summed E-state index contributed by atoms with van der Waals surface area (Å²) in [6.45, 7) is 2.14. The van der Waals surface area contributed by atoms with E-state index in [4.69, 9.17) is 17.0 Å². The highest BCUT2D eigenvalue weighted by Gasteiger charge is 2.15. The Morgan fingerprint density at radius 2 is 1.52 bits per heavy atom. The van der Waals surface area contributed by atoms with Crippen LogP contribution >= 0.6 is 12.2 Å². The van der Waals surface area contributed by atoms with Crippen LogP contribution in [-0.2, 0) is 6.42 Å². The predicted octanol–water partition coefficient (Wildman–Crippen LogP) is 5.33. The van der Waals surface area contributed by atoms with E-state index in [9.17, 15) is 0 Å². The summed E-state index contributed by atoms with van der Waals surface area (Å²) in [6, 6.07) is 26.5. The predicted molar refractivity (Wildman–Crippen MR) is 116 cm³/mol. The lowest BCUT2D eigenvalue weighted by molar-refractivity contribution is 0.414. The molecule has 0 spiro atoms. The molecule has 0 heterocycles. The molecule has 3 rings (SSSR count). The van der Waals surface area contributed by atoms with Gasteiger partial charge in [0, 0.05) is 5.69 Å². The molecule has 0 aliphatic carbocycles. The molecule has 3 nitrogen and oxygen atoms in total. The van der Waals surface area contributed by atoms with Crippen molar-refractivity contribution in [2.24, 2.45) is 0 Å². The first kappa shape index (κ1) is 18.9. The van der Waals surface area contributed by atoms with Gasteiger partial charge in [-0.2, -0.15) is 0 Å². The second-order valence-electron chi connectivity index (χ2n) is 6.23. The maximum atomic E-state index is 5.62. The summed E-state index contributed by atoms with van der Waals surface area (Å²) < 4.78 is 5.28. The molecule has 3 aromatic carbocycles. The Labute approximate surface area is 166 Å². The number of anilines is 1. The molecule has 3 aromatic rings. The molecular weight excluding hydrogens is 352 g/mol. The average Bonchev–Trinajstić information content (AvgIpc) is 2.73. The Morgan fingerprint density at radius 1 is 0.889 bits per heavy atom. The zero-order chi connectivity index (χ0) is 19.1. The van der Waals surface area contributed by atoms with E-state index in [0.29, 0.717) is 5.11 Å². The number of aryl methyl sites for hydroxylation is 1. The normalized spacial score (nSPS) is 11.5. The first-order valence-electron chi connectivity index (χ1n) is 9.05. The Balaban J connectivity index is 1.83. The SMILES string of the molecule is CCc1ccccc1NC(=S)N[C@H](c1ccccc1)c1ccc(OC)cc1. The van der Waals surface area contributed by atoms with Crippen molar-refractivity contribution in [3.8, 4) is 5.75 Å². The van der Waals surface area contributed by atoms with Gasteiger partial charge < -0.3 is 15.4 Å². The molecule has 0 radical (unpaired) electrons. The van der Waals surface area contributed by atoms with Crippen LogP contribution in [0.1, 0.15) is 29.7 Å². The third kappa shape index (κ3) is 4.86. The van der Waals surface area contributed by atoms with Crippen molar-refractivity contribution in [3.05, 3.63) is 95.6 Å². The number of methoxy groups -OCH3 is 1. The van der Waals surface area contributed by atoms with Crippen LogP contribution in [0.3, 0.4) is 0 Å². The van der Waals surface area contributed by atoms with Crippen LogP contribution in [0.15, 0.2) is 78.9 Å². The van der Waals surface area contributed by atoms with Gasteiger partial charge in [-0.05, 0) is 53.5 Å². The van der Waals surface area contributed by atoms with Crippen LogP contribution in [0.2, 0.25) is 0 Å². The van der Waals surface area contributed by atoms with Crippen molar-refractivity contribution in [1.82, 2.24) is 5.32 Å². The van der Waals surface area contributed by atoms with Gasteiger partial charge in [0.1, 0.15) is 5.75 Å². The van der Waals surface area contributed by atoms with E-state index in [-0.39, 0.29) is 6.04 Å². The van der Waals surface area contributed by atoms with Crippen molar-refractivity contribution in [2.75, 3.05) is 12.4 Å². The summed E-state index contributed by atoms with van der Waals surface area (Å²) in [7, 11) is 1.67. The van der Waals surface area contributed by atoms with Gasteiger partial charge >= 0.3 is 0 Å². The van der Waals surface area contributed by atoms with E-state index in [2.05, 4.69) is 54.0 Å². The first-order chi connectivity index (χ1) is 13.2. The highest BCUT2D eigenvalue weighted by molar-refractivity contribution is 7.80. The smallest absolute Gasteiger partial charge is 0.171 e. The van der Waals surface area contributed by atoms with Crippen molar-refractivity contribution >= 4 is 23.0 Å². The molecule has 0 saturated carbocycles. The number of thiocarbonyl (C=S) groups is 1. The summed E-state index contributed by atoms with van der Waals surface area (Å²) >= 11 is 5.62. The number of benzene rings is 3. The molecule has 27 heavy (non-hydrogen) atoms. The third-order valence-electron chi connectivity index (χ3n) is 4.50. The lowest BCUT2D eigenvalue weighted by Gasteiger charge is -2.23. The second kappa shape index (κ2) is 9.19. The number of para-hydroxylation sites is 1. The fourth-order valence-corrected chi connectivity index (χ4v) is 3.27. The number of ether oxygens (including phenoxy) is 1. The van der Waals surface area contributed by atoms with Crippen LogP contribution in [0, 0.1) is 0 Å². The van der Waals surface area contributed by atoms with Crippen LogP contribution in [0.5, 0.6) is 5.75 Å². The molecule has 0 unspecified atom stereocenters. The Kier molecular flexibility index (Phi) is 6.44. The zero-order valence-electron chi connectivity index (χ0n) is 15.6. The van der Waals surface area contributed by atoms with E-state index < -0.39 is 0 Å². The maximum absolute atomic E-state index is 5.62. The molecule has 0 aliphatic rings. The number of hydrogen-bond acceptors (Lipinski definition) is 2. The van der Waals surface area contributed by atoms with Gasteiger partial charge in [-0.1, -0.05) is 67.6 Å². The standard InChI is InChI=1S/C23H24N2OS/c1-3-17-9-7-8-12-21(17)24-23(27)25-22(18-10-5-4-6-11-18)19-13-15-20(26-2)16-14-19/h4-16,22H,3H2,1-2H3,(H2,24,25,27)/t22-/m1/s1. The molecule has 4 heteroatoms. The monoisotopic (exact) mass is 376 g/mol. The zero-order valence-corrected chi connectivity index (χ0v) is 16.4. The minimum Gasteiger partial charge on any atom is -0.497 e. The number of rotatable bonds is 6. The van der Waals surface area contributed by atoms with Crippen LogP contribution in [0.4, 0.5) is 5.69 Å². The molecule has 0 amide bonds. The number of nitrogens with one attached hydrogen (secondary N) is 2. The number of hydrogen-bond donors (Lipinski definition) is 2. The highest BCUT2D eigenvalue weighted by Crippen LogP contribution is 2.24. The first-order valence-corrected chi connectivity index (χ1v) is 9.46. The van der Waals surface area contributed by atoms with Crippen molar-refractivity contribution < 1.29 is 4.74 Å². The van der Waals surface area contributed by atoms with Crippen molar-refractivity contribution in [1.29, 1.82) is 0 Å². The quantitative estimate of drug-likeness (QED) is 0.570. The highest BCUT2D eigenvalue weighted by atomic mass is 32.1. The largest absolute Gasteiger partial charge is 0.497 e. The molecule has 0 fully saturated rings. The topological polar surface area (TPSA) is 33.3 Å². The van der Waals surface area contributed by atoms with Crippen molar-refractivity contribution in [2.45, 2.75) is 19.4 Å². The Hall–Kier alpha value is -2.85. The lowest BCUT2D eigenvalue weighted by atomic mass is 9.99. The molecule has 0 bridgehead atoms. The van der Waals surface area contributed by atoms with E-state index in [1.54, 1.807) is 7.11 Å². The Bertz CT molecular complexity index is 878. The van der Waals surface area contributed by atoms with Gasteiger partial charge in [0.25, 0.3) is 0 Å². The summed E-state index contributed by atoms with van der Waals surface area (Å²) in [5.74, 6) is 0.836. The summed E-state index contributed by atoms with van der Waals surface area (Å²) in [6.07, 6.45) is 0.951. The third-order valence-corrected chi connectivity index (χ3v) is 4.72. The van der Waals surface area contributed by atoms with E-state index in [1.807, 2.05) is 42.5 Å². The lowest BCUT2D eigenvalue weighted by Crippen LogP contribution is -2.33. The van der Waals surface area contributed by atoms with Crippen LogP contribution < -0.4 is 15.4 Å². The van der Waals surface area contributed by atoms with Gasteiger partial charge in [-0.3, -0.25) is 0 Å². The maximum Gasteiger partial charge on any atom is 0.171 e. The summed E-state index contributed by atoms with van der Waals surface area (Å²) in [4.78, 5) is 0. The van der Waals surface area contributed by atoms with Gasteiger partial charge in [0.05, 0.1) is 13.2 Å². The average molecular weight is 377 g/mol. The molecule has 138 valence electrons. The Morgan fingerprint density at radius 3 is 2.19 bits per heavy atom. The van der Waals surface area contributed by atoms with E-state index in [1.165, 1.54) is 5.56 Å². The summed E-state index contributed by atoms with van der Waals surface area (Å²) in [5.41, 5.74) is 4.55. The molecule has 0 saturated heterocycles. The molecule has 2 N–H and O–H groups in total. The van der Waals surface area contributed by atoms with Crippen LogP contribution in [-0.4, -0.2) is 12.2 Å². The van der Waals surface area contributed by atoms with Gasteiger partial charge in [0.15, 0.2) is 5.11 Å². The minimum atomic E-state index is -0.0501. The fraction of sp³-hybridized carbons (Fsp3) is 0.174. The molecular formula is C23H24N2OS. The minimum absolute atomic E-state index is 0.0501. The summed E-state index contributed by atoms with van der Waals surface area (Å²) in [5, 5.41) is 7.41. The fourth-order valence-electron chi connectivity index (χ4n) is 3.04. The van der Waals surface area contributed by atoms with Gasteiger partial charge in [-0.15, -0.1) is 0 Å². The van der Waals surface area contributed by atoms with E-state index >= 15 is 0 Å². The molecule has 0 aromatic heterocycles. The van der Waals surface area contributed by atoms with Crippen molar-refractivity contribution in [3.63, 3.8) is 0 Å².